The number of nitrogens with zero attached hydrogens (tertiary/aromatic N) is 1. The summed E-state index contributed by atoms with van der Waals surface area (Å²) >= 11 is 0. The third-order valence-corrected chi connectivity index (χ3v) is 6.06. The van der Waals surface area contributed by atoms with Crippen molar-refractivity contribution >= 4 is 22.4 Å². The molecule has 4 nitrogen and oxygen atoms in total. The summed E-state index contributed by atoms with van der Waals surface area (Å²) in [6.45, 7) is 4.82. The highest BCUT2D eigenvalue weighted by atomic mass is 16.5. The number of anilines is 1. The molecular formula is C26H26N2O2. The van der Waals surface area contributed by atoms with Gasteiger partial charge in [0.15, 0.2) is 5.78 Å². The number of ether oxygens (including phenoxy) is 1. The number of carbonyl (C=O) groups excluding carboxylic acids is 1. The van der Waals surface area contributed by atoms with Gasteiger partial charge in [0.2, 0.25) is 0 Å². The summed E-state index contributed by atoms with van der Waals surface area (Å²) in [6, 6.07) is 16.6. The van der Waals surface area contributed by atoms with Gasteiger partial charge in [-0.3, -0.25) is 9.78 Å². The van der Waals surface area contributed by atoms with Gasteiger partial charge in [-0.05, 0) is 67.6 Å². The fourth-order valence-corrected chi connectivity index (χ4v) is 4.69. The van der Waals surface area contributed by atoms with Crippen molar-refractivity contribution < 1.29 is 9.53 Å². The van der Waals surface area contributed by atoms with Gasteiger partial charge in [-0.1, -0.05) is 25.1 Å². The minimum Gasteiger partial charge on any atom is -0.494 e. The van der Waals surface area contributed by atoms with Gasteiger partial charge >= 0.3 is 0 Å². The molecular weight excluding hydrogens is 372 g/mol. The lowest BCUT2D eigenvalue weighted by molar-refractivity contribution is -0.116. The van der Waals surface area contributed by atoms with E-state index in [0.717, 1.165) is 69.7 Å². The average Bonchev–Trinajstić information content (AvgIpc) is 2.76. The molecule has 0 saturated carbocycles. The average molecular weight is 399 g/mol. The van der Waals surface area contributed by atoms with E-state index in [0.29, 0.717) is 13.0 Å². The number of nitrogens with one attached hydrogen (secondary N) is 1. The van der Waals surface area contributed by atoms with Crippen molar-refractivity contribution in [3.63, 3.8) is 0 Å². The molecule has 1 aromatic heterocycles. The van der Waals surface area contributed by atoms with Gasteiger partial charge < -0.3 is 10.1 Å². The lowest BCUT2D eigenvalue weighted by atomic mass is 9.74. The summed E-state index contributed by atoms with van der Waals surface area (Å²) in [7, 11) is 0. The first-order valence-electron chi connectivity index (χ1n) is 10.8. The predicted molar refractivity (Wildman–Crippen MR) is 120 cm³/mol. The van der Waals surface area contributed by atoms with Gasteiger partial charge in [0, 0.05) is 40.4 Å². The molecule has 0 unspecified atom stereocenters. The van der Waals surface area contributed by atoms with E-state index in [1.165, 1.54) is 0 Å². The minimum atomic E-state index is -0.0857. The van der Waals surface area contributed by atoms with Crippen molar-refractivity contribution in [1.29, 1.82) is 0 Å². The molecule has 1 N–H and O–H groups in total. The largest absolute Gasteiger partial charge is 0.494 e. The summed E-state index contributed by atoms with van der Waals surface area (Å²) in [5, 5.41) is 4.68. The van der Waals surface area contributed by atoms with Crippen LogP contribution in [0.4, 0.5) is 5.69 Å². The van der Waals surface area contributed by atoms with Crippen LogP contribution in [-0.4, -0.2) is 17.4 Å². The van der Waals surface area contributed by atoms with E-state index >= 15 is 0 Å². The smallest absolute Gasteiger partial charge is 0.161 e. The zero-order valence-corrected chi connectivity index (χ0v) is 17.5. The minimum absolute atomic E-state index is 0.0857. The fourth-order valence-electron chi connectivity index (χ4n) is 4.69. The van der Waals surface area contributed by atoms with Gasteiger partial charge in [0.1, 0.15) is 5.75 Å². The molecule has 30 heavy (non-hydrogen) atoms. The SMILES string of the molecule is CCCOc1ccc([C@@H]2C3=C(CCCC3=O)Nc3ccc4nc(C)ccc4c32)cc1. The van der Waals surface area contributed by atoms with Crippen molar-refractivity contribution in [2.75, 3.05) is 11.9 Å². The Hall–Kier alpha value is -3.14. The normalized spacial score (nSPS) is 18.1. The molecule has 1 aliphatic heterocycles. The highest BCUT2D eigenvalue weighted by molar-refractivity contribution is 6.03. The number of hydrogen-bond donors (Lipinski definition) is 1. The number of fused-ring (bicyclic) bond motifs is 3. The Morgan fingerprint density at radius 3 is 2.70 bits per heavy atom. The first kappa shape index (κ1) is 18.9. The van der Waals surface area contributed by atoms with Gasteiger partial charge in [-0.25, -0.2) is 0 Å². The van der Waals surface area contributed by atoms with Gasteiger partial charge in [-0.15, -0.1) is 0 Å². The second-order valence-electron chi connectivity index (χ2n) is 8.19. The molecule has 2 aliphatic rings. The molecule has 0 radical (unpaired) electrons. The number of pyridine rings is 1. The second-order valence-corrected chi connectivity index (χ2v) is 8.19. The van der Waals surface area contributed by atoms with Crippen LogP contribution >= 0.6 is 0 Å². The van der Waals surface area contributed by atoms with Crippen LogP contribution in [0, 0.1) is 6.92 Å². The first-order chi connectivity index (χ1) is 14.7. The van der Waals surface area contributed by atoms with Crippen LogP contribution in [0.3, 0.4) is 0 Å². The van der Waals surface area contributed by atoms with Gasteiger partial charge in [-0.2, -0.15) is 0 Å². The second kappa shape index (κ2) is 7.60. The van der Waals surface area contributed by atoms with Crippen LogP contribution < -0.4 is 10.1 Å². The summed E-state index contributed by atoms with van der Waals surface area (Å²) in [5.41, 5.74) is 7.31. The zero-order valence-electron chi connectivity index (χ0n) is 17.5. The Morgan fingerprint density at radius 1 is 1.07 bits per heavy atom. The Bertz CT molecular complexity index is 1160. The van der Waals surface area contributed by atoms with Crippen LogP contribution in [-0.2, 0) is 4.79 Å². The molecule has 2 heterocycles. The molecule has 5 rings (SSSR count). The number of aromatic nitrogens is 1. The summed E-state index contributed by atoms with van der Waals surface area (Å²) in [6.07, 6.45) is 3.42. The van der Waals surface area contributed by atoms with Gasteiger partial charge in [0.05, 0.1) is 12.1 Å². The summed E-state index contributed by atoms with van der Waals surface area (Å²) < 4.78 is 5.78. The topological polar surface area (TPSA) is 51.2 Å². The van der Waals surface area contributed by atoms with Crippen LogP contribution in [0.5, 0.6) is 5.75 Å². The van der Waals surface area contributed by atoms with E-state index in [2.05, 4.69) is 42.6 Å². The van der Waals surface area contributed by atoms with E-state index in [1.807, 2.05) is 25.1 Å². The van der Waals surface area contributed by atoms with Crippen LogP contribution in [0.15, 0.2) is 59.8 Å². The van der Waals surface area contributed by atoms with Crippen molar-refractivity contribution in [3.8, 4) is 5.75 Å². The van der Waals surface area contributed by atoms with E-state index in [-0.39, 0.29) is 11.7 Å². The molecule has 0 bridgehead atoms. The molecule has 1 aliphatic carbocycles. The molecule has 0 amide bonds. The maximum absolute atomic E-state index is 13.1. The highest BCUT2D eigenvalue weighted by Gasteiger charge is 2.36. The van der Waals surface area contributed by atoms with Crippen LogP contribution in [0.2, 0.25) is 0 Å². The van der Waals surface area contributed by atoms with E-state index in [9.17, 15) is 4.79 Å². The maximum atomic E-state index is 13.1. The number of allylic oxidation sites excluding steroid dienone is 2. The lowest BCUT2D eigenvalue weighted by Crippen LogP contribution is -2.27. The first-order valence-corrected chi connectivity index (χ1v) is 10.8. The molecule has 2 aromatic carbocycles. The van der Waals surface area contributed by atoms with Crippen LogP contribution in [0.1, 0.15) is 55.3 Å². The molecule has 1 atom stereocenters. The van der Waals surface area contributed by atoms with E-state index in [1.54, 1.807) is 0 Å². The Morgan fingerprint density at radius 2 is 1.90 bits per heavy atom. The number of benzene rings is 2. The zero-order chi connectivity index (χ0) is 20.7. The monoisotopic (exact) mass is 398 g/mol. The van der Waals surface area contributed by atoms with Crippen LogP contribution in [0.25, 0.3) is 10.9 Å². The van der Waals surface area contributed by atoms with E-state index < -0.39 is 0 Å². The number of carbonyl (C=O) groups is 1. The number of Topliss-reactive ketones (excluding diaryl/α,β-unsaturated/α-hetero) is 1. The van der Waals surface area contributed by atoms with Crippen molar-refractivity contribution in [2.45, 2.75) is 45.4 Å². The van der Waals surface area contributed by atoms with Gasteiger partial charge in [0.25, 0.3) is 0 Å². The van der Waals surface area contributed by atoms with Crippen molar-refractivity contribution in [3.05, 3.63) is 76.6 Å². The molecule has 3 aromatic rings. The molecule has 0 saturated heterocycles. The predicted octanol–water partition coefficient (Wildman–Crippen LogP) is 5.90. The third kappa shape index (κ3) is 3.17. The summed E-state index contributed by atoms with van der Waals surface area (Å²) in [4.78, 5) is 17.8. The lowest BCUT2D eigenvalue weighted by Gasteiger charge is -2.35. The number of rotatable bonds is 4. The number of hydrogen-bond acceptors (Lipinski definition) is 4. The summed E-state index contributed by atoms with van der Waals surface area (Å²) in [5.74, 6) is 1.04. The Labute approximate surface area is 177 Å². The quantitative estimate of drug-likeness (QED) is 0.595. The highest BCUT2D eigenvalue weighted by Crippen LogP contribution is 2.47. The van der Waals surface area contributed by atoms with Crippen molar-refractivity contribution in [1.82, 2.24) is 4.98 Å². The molecule has 152 valence electrons. The number of aryl methyl sites for hydroxylation is 1. The fraction of sp³-hybridized carbons (Fsp3) is 0.308. The molecule has 0 fully saturated rings. The van der Waals surface area contributed by atoms with Crippen molar-refractivity contribution in [2.24, 2.45) is 0 Å². The third-order valence-electron chi connectivity index (χ3n) is 6.06. The Balaban J connectivity index is 1.70. The Kier molecular flexibility index (Phi) is 4.78. The molecule has 4 heteroatoms. The molecule has 0 spiro atoms. The number of ketones is 1. The van der Waals surface area contributed by atoms with E-state index in [4.69, 9.17) is 9.72 Å². The maximum Gasteiger partial charge on any atom is 0.161 e. The standard InChI is InChI=1S/C26H26N2O2/c1-3-15-30-18-10-8-17(9-11-18)24-25-19-12-7-16(2)27-20(19)13-14-22(25)28-21-5-4-6-23(29)26(21)24/h7-14,24,28H,3-6,15H2,1-2H3/t24-/m0/s1.